The number of aryl methyl sites for hydroxylation is 1. The number of carbonyl (C=O) groups is 2. The zero-order valence-corrected chi connectivity index (χ0v) is 14.9. The third-order valence-electron chi connectivity index (χ3n) is 4.89. The summed E-state index contributed by atoms with van der Waals surface area (Å²) in [6.45, 7) is 3.09. The summed E-state index contributed by atoms with van der Waals surface area (Å²) in [5.74, 6) is -0.133. The fourth-order valence-corrected chi connectivity index (χ4v) is 3.53. The zero-order valence-electron chi connectivity index (χ0n) is 14.9. The third kappa shape index (κ3) is 3.45. The summed E-state index contributed by atoms with van der Waals surface area (Å²) < 4.78 is 6.81. The molecule has 1 fully saturated rings. The van der Waals surface area contributed by atoms with Crippen molar-refractivity contribution in [1.29, 1.82) is 0 Å². The fourth-order valence-electron chi connectivity index (χ4n) is 3.53. The normalized spacial score (nSPS) is 20.8. The van der Waals surface area contributed by atoms with Crippen LogP contribution in [0.15, 0.2) is 35.4 Å². The van der Waals surface area contributed by atoms with Crippen molar-refractivity contribution in [3.8, 4) is 0 Å². The molecule has 7 nitrogen and oxygen atoms in total. The highest BCUT2D eigenvalue weighted by molar-refractivity contribution is 5.85. The number of aromatic nitrogens is 2. The van der Waals surface area contributed by atoms with Crippen LogP contribution >= 0.6 is 0 Å². The molecule has 3 heterocycles. The van der Waals surface area contributed by atoms with Gasteiger partial charge < -0.3 is 14.2 Å². The average Bonchev–Trinajstić information content (AvgIpc) is 3.26. The molecule has 2 atom stereocenters. The first-order valence-electron chi connectivity index (χ1n) is 8.55. The van der Waals surface area contributed by atoms with Crippen LogP contribution in [0.1, 0.15) is 36.9 Å². The van der Waals surface area contributed by atoms with Gasteiger partial charge in [0.2, 0.25) is 11.8 Å². The van der Waals surface area contributed by atoms with E-state index in [9.17, 15) is 9.59 Å². The molecule has 1 aliphatic rings. The van der Waals surface area contributed by atoms with E-state index in [0.29, 0.717) is 25.9 Å². The van der Waals surface area contributed by atoms with Gasteiger partial charge in [0.05, 0.1) is 30.7 Å². The van der Waals surface area contributed by atoms with Crippen molar-refractivity contribution >= 4 is 11.8 Å². The lowest BCUT2D eigenvalue weighted by Crippen LogP contribution is -2.47. The van der Waals surface area contributed by atoms with E-state index in [1.165, 1.54) is 0 Å². The van der Waals surface area contributed by atoms with Crippen molar-refractivity contribution in [3.05, 3.63) is 42.1 Å². The van der Waals surface area contributed by atoms with Gasteiger partial charge in [-0.25, -0.2) is 0 Å². The minimum atomic E-state index is -0.277. The number of hydrogen-bond acceptors (Lipinski definition) is 4. The van der Waals surface area contributed by atoms with Crippen LogP contribution < -0.4 is 0 Å². The Balaban J connectivity index is 1.86. The molecule has 0 spiro atoms. The maximum absolute atomic E-state index is 13.2. The number of likely N-dealkylation sites (tertiary alicyclic amines) is 1. The summed E-state index contributed by atoms with van der Waals surface area (Å²) in [5.41, 5.74) is 1.86. The first-order chi connectivity index (χ1) is 12.0. The van der Waals surface area contributed by atoms with Crippen LogP contribution in [0.5, 0.6) is 0 Å². The number of amides is 2. The molecular formula is C18H24N4O3. The van der Waals surface area contributed by atoms with E-state index in [-0.39, 0.29) is 23.8 Å². The predicted molar refractivity (Wildman–Crippen MR) is 91.2 cm³/mol. The Bertz CT molecular complexity index is 737. The minimum Gasteiger partial charge on any atom is -0.472 e. The van der Waals surface area contributed by atoms with Gasteiger partial charge in [0.15, 0.2) is 0 Å². The largest absolute Gasteiger partial charge is 0.472 e. The summed E-state index contributed by atoms with van der Waals surface area (Å²) in [4.78, 5) is 28.9. The van der Waals surface area contributed by atoms with Crippen LogP contribution in [-0.2, 0) is 23.2 Å². The number of carbonyl (C=O) groups excluding carboxylic acids is 2. The number of piperidine rings is 1. The smallest absolute Gasteiger partial charge is 0.228 e. The second-order valence-corrected chi connectivity index (χ2v) is 6.53. The molecular weight excluding hydrogens is 320 g/mol. The van der Waals surface area contributed by atoms with Crippen LogP contribution in [0.4, 0.5) is 0 Å². The highest BCUT2D eigenvalue weighted by Crippen LogP contribution is 2.36. The standard InChI is InChI=1S/C18H24N4O3/c1-4-22(10-13-7-8-25-12-13)18(24)15-5-6-16(23)21(3)17(15)14-9-19-20(2)11-14/h7-9,11-12,15,17H,4-6,10H2,1-3H3/t15-,17+/m0/s1. The SMILES string of the molecule is CCN(Cc1ccoc1)C(=O)[C@H]1CCC(=O)N(C)[C@@H]1c1cnn(C)c1. The Morgan fingerprint density at radius 2 is 2.24 bits per heavy atom. The molecule has 0 bridgehead atoms. The summed E-state index contributed by atoms with van der Waals surface area (Å²) in [6.07, 6.45) is 7.85. The van der Waals surface area contributed by atoms with Crippen LogP contribution in [0.25, 0.3) is 0 Å². The summed E-state index contributed by atoms with van der Waals surface area (Å²) >= 11 is 0. The topological polar surface area (TPSA) is 71.6 Å². The van der Waals surface area contributed by atoms with Gasteiger partial charge in [-0.15, -0.1) is 0 Å². The fraction of sp³-hybridized carbons (Fsp3) is 0.500. The molecule has 1 aliphatic heterocycles. The van der Waals surface area contributed by atoms with Gasteiger partial charge in [-0.2, -0.15) is 5.10 Å². The van der Waals surface area contributed by atoms with E-state index >= 15 is 0 Å². The molecule has 7 heteroatoms. The van der Waals surface area contributed by atoms with Gasteiger partial charge in [0.25, 0.3) is 0 Å². The van der Waals surface area contributed by atoms with Crippen molar-refractivity contribution in [2.24, 2.45) is 13.0 Å². The van der Waals surface area contributed by atoms with Crippen LogP contribution in [-0.4, -0.2) is 45.0 Å². The monoisotopic (exact) mass is 344 g/mol. The van der Waals surface area contributed by atoms with Gasteiger partial charge in [-0.3, -0.25) is 14.3 Å². The molecule has 25 heavy (non-hydrogen) atoms. The van der Waals surface area contributed by atoms with E-state index in [2.05, 4.69) is 5.10 Å². The van der Waals surface area contributed by atoms with Gasteiger partial charge in [0.1, 0.15) is 0 Å². The van der Waals surface area contributed by atoms with Gasteiger partial charge in [-0.1, -0.05) is 0 Å². The molecule has 134 valence electrons. The van der Waals surface area contributed by atoms with E-state index in [1.54, 1.807) is 35.4 Å². The van der Waals surface area contributed by atoms with Crippen molar-refractivity contribution in [1.82, 2.24) is 19.6 Å². The number of furan rings is 1. The van der Waals surface area contributed by atoms with Crippen LogP contribution in [0, 0.1) is 5.92 Å². The number of rotatable bonds is 5. The van der Waals surface area contributed by atoms with Gasteiger partial charge in [0, 0.05) is 50.9 Å². The molecule has 2 aromatic heterocycles. The Labute approximate surface area is 147 Å². The van der Waals surface area contributed by atoms with E-state index in [1.807, 2.05) is 31.1 Å². The predicted octanol–water partition coefficient (Wildman–Crippen LogP) is 1.97. The molecule has 0 saturated carbocycles. The molecule has 0 radical (unpaired) electrons. The van der Waals surface area contributed by atoms with Gasteiger partial charge >= 0.3 is 0 Å². The first kappa shape index (κ1) is 17.3. The number of hydrogen-bond donors (Lipinski definition) is 0. The third-order valence-corrected chi connectivity index (χ3v) is 4.89. The molecule has 0 aliphatic carbocycles. The Morgan fingerprint density at radius 1 is 1.44 bits per heavy atom. The lowest BCUT2D eigenvalue weighted by Gasteiger charge is -2.39. The second kappa shape index (κ2) is 7.13. The maximum Gasteiger partial charge on any atom is 0.228 e. The average molecular weight is 344 g/mol. The van der Waals surface area contributed by atoms with Crippen molar-refractivity contribution in [2.45, 2.75) is 32.4 Å². The molecule has 0 unspecified atom stereocenters. The van der Waals surface area contributed by atoms with Crippen LogP contribution in [0.2, 0.25) is 0 Å². The minimum absolute atomic E-state index is 0.0655. The lowest BCUT2D eigenvalue weighted by molar-refractivity contribution is -0.147. The molecule has 3 rings (SSSR count). The Hall–Kier alpha value is -2.57. The van der Waals surface area contributed by atoms with E-state index < -0.39 is 0 Å². The summed E-state index contributed by atoms with van der Waals surface area (Å²) in [5, 5.41) is 4.21. The Kier molecular flexibility index (Phi) is 4.92. The highest BCUT2D eigenvalue weighted by atomic mass is 16.3. The first-order valence-corrected chi connectivity index (χ1v) is 8.55. The van der Waals surface area contributed by atoms with Crippen molar-refractivity contribution in [2.75, 3.05) is 13.6 Å². The van der Waals surface area contributed by atoms with Gasteiger partial charge in [-0.05, 0) is 19.4 Å². The van der Waals surface area contributed by atoms with E-state index in [4.69, 9.17) is 4.42 Å². The summed E-state index contributed by atoms with van der Waals surface area (Å²) in [7, 11) is 3.61. The molecule has 1 saturated heterocycles. The summed E-state index contributed by atoms with van der Waals surface area (Å²) in [6, 6.07) is 1.59. The van der Waals surface area contributed by atoms with E-state index in [0.717, 1.165) is 11.1 Å². The quantitative estimate of drug-likeness (QED) is 0.831. The molecule has 0 aromatic carbocycles. The lowest BCUT2D eigenvalue weighted by atomic mass is 9.84. The molecule has 2 amide bonds. The second-order valence-electron chi connectivity index (χ2n) is 6.53. The maximum atomic E-state index is 13.2. The zero-order chi connectivity index (χ0) is 18.0. The molecule has 2 aromatic rings. The Morgan fingerprint density at radius 3 is 2.84 bits per heavy atom. The molecule has 0 N–H and O–H groups in total. The van der Waals surface area contributed by atoms with Crippen molar-refractivity contribution in [3.63, 3.8) is 0 Å². The number of nitrogens with zero attached hydrogens (tertiary/aromatic N) is 4. The van der Waals surface area contributed by atoms with Crippen LogP contribution in [0.3, 0.4) is 0 Å². The van der Waals surface area contributed by atoms with Crippen molar-refractivity contribution < 1.29 is 14.0 Å². The highest BCUT2D eigenvalue weighted by Gasteiger charge is 2.40.